The Labute approximate surface area is 220 Å². The van der Waals surface area contributed by atoms with Gasteiger partial charge >= 0.3 is 5.97 Å². The zero-order valence-electron chi connectivity index (χ0n) is 21.4. The van der Waals surface area contributed by atoms with Crippen LogP contribution >= 0.6 is 0 Å². The van der Waals surface area contributed by atoms with E-state index in [4.69, 9.17) is 17.2 Å². The highest BCUT2D eigenvalue weighted by atomic mass is 16.4. The van der Waals surface area contributed by atoms with Crippen LogP contribution in [0.15, 0.2) is 30.5 Å². The summed E-state index contributed by atoms with van der Waals surface area (Å²) in [7, 11) is 0. The molecular weight excluding hydrogens is 494 g/mol. The molecule has 1 heterocycles. The molecule has 11 N–H and O–H groups in total. The number of hydrogen-bond acceptors (Lipinski definition) is 7. The highest BCUT2D eigenvalue weighted by molar-refractivity contribution is 5.94. The number of fused-ring (bicyclic) bond motifs is 1. The van der Waals surface area contributed by atoms with Crippen LogP contribution in [0.3, 0.4) is 0 Å². The van der Waals surface area contributed by atoms with Crippen LogP contribution < -0.4 is 33.2 Å². The maximum atomic E-state index is 12.9. The minimum atomic E-state index is -1.25. The summed E-state index contributed by atoms with van der Waals surface area (Å²) in [4.78, 5) is 64.3. The average Bonchev–Trinajstić information content (AvgIpc) is 3.28. The second-order valence-corrected chi connectivity index (χ2v) is 9.15. The molecule has 0 radical (unpaired) electrons. The van der Waals surface area contributed by atoms with Crippen molar-refractivity contribution < 1.29 is 29.1 Å². The SMILES string of the molecule is CC(NC(=O)C(CCC(N)=O)NC(=O)C(N)CCCCN)C(=O)NC(Cc1c[nH]c2ccccc12)C(=O)O. The third-order valence-corrected chi connectivity index (χ3v) is 6.08. The lowest BCUT2D eigenvalue weighted by Crippen LogP contribution is -2.56. The molecule has 13 heteroatoms. The number of aromatic nitrogens is 1. The van der Waals surface area contributed by atoms with Gasteiger partial charge in [-0.3, -0.25) is 19.2 Å². The summed E-state index contributed by atoms with van der Waals surface area (Å²) in [6.45, 7) is 1.84. The molecule has 0 aliphatic carbocycles. The van der Waals surface area contributed by atoms with E-state index in [0.717, 1.165) is 10.9 Å². The van der Waals surface area contributed by atoms with Gasteiger partial charge in [0, 0.05) is 29.9 Å². The van der Waals surface area contributed by atoms with Gasteiger partial charge in [0.15, 0.2) is 0 Å². The van der Waals surface area contributed by atoms with Crippen molar-refractivity contribution in [3.05, 3.63) is 36.0 Å². The summed E-state index contributed by atoms with van der Waals surface area (Å²) in [6, 6.07) is 2.92. The van der Waals surface area contributed by atoms with Crippen LogP contribution in [0.2, 0.25) is 0 Å². The summed E-state index contributed by atoms with van der Waals surface area (Å²) in [5, 5.41) is 17.9. The van der Waals surface area contributed by atoms with E-state index in [2.05, 4.69) is 20.9 Å². The molecular formula is C25H37N7O6. The number of carboxylic acids is 1. The summed E-state index contributed by atoms with van der Waals surface area (Å²) in [5.74, 6) is -3.97. The lowest BCUT2D eigenvalue weighted by molar-refractivity contribution is -0.142. The van der Waals surface area contributed by atoms with Crippen LogP contribution in [0.4, 0.5) is 0 Å². The summed E-state index contributed by atoms with van der Waals surface area (Å²) in [5.41, 5.74) is 18.1. The van der Waals surface area contributed by atoms with Crippen LogP contribution in [0, 0.1) is 0 Å². The fourth-order valence-corrected chi connectivity index (χ4v) is 3.87. The molecule has 0 saturated heterocycles. The summed E-state index contributed by atoms with van der Waals surface area (Å²) >= 11 is 0. The largest absolute Gasteiger partial charge is 0.480 e. The number of aromatic amines is 1. The Morgan fingerprint density at radius 2 is 1.63 bits per heavy atom. The molecule has 0 saturated carbocycles. The molecule has 2 aromatic rings. The second-order valence-electron chi connectivity index (χ2n) is 9.15. The Morgan fingerprint density at radius 3 is 2.29 bits per heavy atom. The van der Waals surface area contributed by atoms with Crippen molar-refractivity contribution in [3.63, 3.8) is 0 Å². The number of H-pyrrole nitrogens is 1. The number of carboxylic acid groups (broad SMARTS) is 1. The maximum Gasteiger partial charge on any atom is 0.326 e. The predicted octanol–water partition coefficient (Wildman–Crippen LogP) is -1.01. The number of unbranched alkanes of at least 4 members (excludes halogenated alkanes) is 1. The number of hydrogen-bond donors (Lipinski definition) is 8. The van der Waals surface area contributed by atoms with E-state index < -0.39 is 53.8 Å². The number of carbonyl (C=O) groups is 5. The van der Waals surface area contributed by atoms with Crippen molar-refractivity contribution in [1.29, 1.82) is 0 Å². The Balaban J connectivity index is 2.02. The lowest BCUT2D eigenvalue weighted by atomic mass is 10.0. The number of amides is 4. The van der Waals surface area contributed by atoms with E-state index in [1.807, 2.05) is 24.3 Å². The van der Waals surface area contributed by atoms with E-state index >= 15 is 0 Å². The fourth-order valence-electron chi connectivity index (χ4n) is 3.87. The molecule has 0 aliphatic rings. The number of aliphatic carboxylic acids is 1. The smallest absolute Gasteiger partial charge is 0.326 e. The van der Waals surface area contributed by atoms with Crippen molar-refractivity contribution in [3.8, 4) is 0 Å². The first-order valence-electron chi connectivity index (χ1n) is 12.5. The van der Waals surface area contributed by atoms with Gasteiger partial charge in [0.25, 0.3) is 0 Å². The highest BCUT2D eigenvalue weighted by Gasteiger charge is 2.29. The van der Waals surface area contributed by atoms with Gasteiger partial charge in [0.2, 0.25) is 23.6 Å². The van der Waals surface area contributed by atoms with Gasteiger partial charge in [-0.2, -0.15) is 0 Å². The van der Waals surface area contributed by atoms with E-state index in [1.165, 1.54) is 6.92 Å². The van der Waals surface area contributed by atoms with Gasteiger partial charge in [-0.25, -0.2) is 4.79 Å². The van der Waals surface area contributed by atoms with Crippen molar-refractivity contribution in [2.75, 3.05) is 6.54 Å². The number of primary amides is 1. The van der Waals surface area contributed by atoms with Crippen molar-refractivity contribution in [2.24, 2.45) is 17.2 Å². The monoisotopic (exact) mass is 531 g/mol. The molecule has 0 aliphatic heterocycles. The Morgan fingerprint density at radius 1 is 0.947 bits per heavy atom. The first kappa shape index (κ1) is 30.3. The molecule has 4 unspecified atom stereocenters. The van der Waals surface area contributed by atoms with Gasteiger partial charge < -0.3 is 43.2 Å². The predicted molar refractivity (Wildman–Crippen MR) is 140 cm³/mol. The zero-order chi connectivity index (χ0) is 28.2. The van der Waals surface area contributed by atoms with Gasteiger partial charge in [0.1, 0.15) is 18.1 Å². The van der Waals surface area contributed by atoms with Gasteiger partial charge in [-0.05, 0) is 44.4 Å². The van der Waals surface area contributed by atoms with E-state index in [1.54, 1.807) is 6.20 Å². The number of nitrogens with two attached hydrogens (primary N) is 3. The molecule has 0 fully saturated rings. The molecule has 38 heavy (non-hydrogen) atoms. The standard InChI is InChI=1S/C25H37N7O6/c1-14(22(34)32-20(25(37)38)12-15-13-29-18-8-3-2-6-16(15)18)30-24(36)19(9-10-21(28)33)31-23(35)17(27)7-4-5-11-26/h2-3,6,8,13-14,17,19-20,29H,4-5,7,9-12,26-27H2,1H3,(H2,28,33)(H,30,36)(H,31,35)(H,32,34)(H,37,38). The van der Waals surface area contributed by atoms with Crippen molar-refractivity contribution in [1.82, 2.24) is 20.9 Å². The second kappa shape index (κ2) is 14.7. The molecule has 13 nitrogen and oxygen atoms in total. The fraction of sp³-hybridized carbons (Fsp3) is 0.480. The highest BCUT2D eigenvalue weighted by Crippen LogP contribution is 2.19. The Hall–Kier alpha value is -3.97. The minimum absolute atomic E-state index is 0.0189. The normalized spacial score (nSPS) is 14.2. The van der Waals surface area contributed by atoms with Crippen LogP contribution in [0.25, 0.3) is 10.9 Å². The molecule has 0 bridgehead atoms. The number of benzene rings is 1. The van der Waals surface area contributed by atoms with E-state index in [-0.39, 0.29) is 19.3 Å². The molecule has 4 amide bonds. The number of rotatable bonds is 16. The van der Waals surface area contributed by atoms with Gasteiger partial charge in [0.05, 0.1) is 6.04 Å². The van der Waals surface area contributed by atoms with E-state index in [0.29, 0.717) is 31.4 Å². The third-order valence-electron chi connectivity index (χ3n) is 6.08. The van der Waals surface area contributed by atoms with Crippen LogP contribution in [-0.4, -0.2) is 70.4 Å². The molecule has 1 aromatic heterocycles. The topological polar surface area (TPSA) is 236 Å². The molecule has 208 valence electrons. The zero-order valence-corrected chi connectivity index (χ0v) is 21.4. The summed E-state index contributed by atoms with van der Waals surface area (Å²) < 4.78 is 0. The first-order valence-corrected chi connectivity index (χ1v) is 12.5. The molecule has 2 rings (SSSR count). The first-order chi connectivity index (χ1) is 18.0. The van der Waals surface area contributed by atoms with Crippen molar-refractivity contribution >= 4 is 40.5 Å². The quantitative estimate of drug-likeness (QED) is 0.125. The van der Waals surface area contributed by atoms with Gasteiger partial charge in [-0.15, -0.1) is 0 Å². The molecule has 4 atom stereocenters. The van der Waals surface area contributed by atoms with Crippen LogP contribution in [-0.2, 0) is 30.4 Å². The summed E-state index contributed by atoms with van der Waals surface area (Å²) in [6.07, 6.45) is 3.09. The molecule has 0 spiro atoms. The lowest BCUT2D eigenvalue weighted by Gasteiger charge is -2.23. The van der Waals surface area contributed by atoms with E-state index in [9.17, 15) is 29.1 Å². The van der Waals surface area contributed by atoms with Crippen LogP contribution in [0.1, 0.15) is 44.6 Å². The average molecular weight is 532 g/mol. The van der Waals surface area contributed by atoms with Gasteiger partial charge in [-0.1, -0.05) is 24.6 Å². The van der Waals surface area contributed by atoms with Crippen molar-refractivity contribution in [2.45, 2.75) is 69.6 Å². The van der Waals surface area contributed by atoms with Crippen LogP contribution in [0.5, 0.6) is 0 Å². The third kappa shape index (κ3) is 9.16. The Kier molecular flexibility index (Phi) is 11.7. The maximum absolute atomic E-state index is 12.9. The Bertz CT molecular complexity index is 1130. The number of carbonyl (C=O) groups excluding carboxylic acids is 4. The number of para-hydroxylation sites is 1. The minimum Gasteiger partial charge on any atom is -0.480 e. The molecule has 1 aromatic carbocycles. The number of nitrogens with one attached hydrogen (secondary N) is 4.